The Morgan fingerprint density at radius 1 is 1.40 bits per heavy atom. The number of nitrogens with one attached hydrogen (secondary N) is 1. The number of carbonyl (C=O) groups is 1. The Morgan fingerprint density at radius 3 is 3.00 bits per heavy atom. The lowest BCUT2D eigenvalue weighted by Crippen LogP contribution is -2.33. The molecule has 2 fully saturated rings. The van der Waals surface area contributed by atoms with E-state index in [4.69, 9.17) is 0 Å². The quantitative estimate of drug-likeness (QED) is 0.910. The molecule has 2 heterocycles. The lowest BCUT2D eigenvalue weighted by atomic mass is 9.92. The van der Waals surface area contributed by atoms with E-state index in [2.05, 4.69) is 22.2 Å². The molecule has 3 rings (SSSR count). The molecule has 1 aliphatic heterocycles. The number of hydrogen-bond donors (Lipinski definition) is 1. The number of likely N-dealkylation sites (tertiary alicyclic amines) is 1. The maximum Gasteiger partial charge on any atom is 0.253 e. The molecule has 1 aliphatic carbocycles. The van der Waals surface area contributed by atoms with E-state index < -0.39 is 0 Å². The van der Waals surface area contributed by atoms with Gasteiger partial charge in [0.15, 0.2) is 0 Å². The van der Waals surface area contributed by atoms with Crippen LogP contribution in [0.15, 0.2) is 18.5 Å². The summed E-state index contributed by atoms with van der Waals surface area (Å²) in [7, 11) is 2.18. The Labute approximate surface area is 120 Å². The minimum absolute atomic E-state index is 0.0302. The highest BCUT2D eigenvalue weighted by Crippen LogP contribution is 2.21. The van der Waals surface area contributed by atoms with E-state index in [9.17, 15) is 4.79 Å². The number of pyridine rings is 1. The van der Waals surface area contributed by atoms with Gasteiger partial charge in [0.2, 0.25) is 0 Å². The summed E-state index contributed by atoms with van der Waals surface area (Å²) in [6.45, 7) is 2.36. The van der Waals surface area contributed by atoms with Crippen LogP contribution < -0.4 is 5.32 Å². The van der Waals surface area contributed by atoms with Gasteiger partial charge in [-0.3, -0.25) is 9.78 Å². The molecule has 1 aromatic rings. The van der Waals surface area contributed by atoms with Gasteiger partial charge >= 0.3 is 0 Å². The van der Waals surface area contributed by atoms with E-state index >= 15 is 0 Å². The summed E-state index contributed by atoms with van der Waals surface area (Å²) in [5.41, 5.74) is 1.90. The first-order chi connectivity index (χ1) is 9.70. The molecule has 0 aromatic carbocycles. The summed E-state index contributed by atoms with van der Waals surface area (Å²) in [5.74, 6) is 0.722. The van der Waals surface area contributed by atoms with Crippen molar-refractivity contribution in [2.45, 2.75) is 38.1 Å². The third kappa shape index (κ3) is 3.57. The van der Waals surface area contributed by atoms with Crippen LogP contribution >= 0.6 is 0 Å². The highest BCUT2D eigenvalue weighted by Gasteiger charge is 2.24. The Hall–Kier alpha value is -1.42. The summed E-state index contributed by atoms with van der Waals surface area (Å²) in [6, 6.07) is 2.41. The second-order valence-electron chi connectivity index (χ2n) is 6.30. The molecule has 4 heteroatoms. The monoisotopic (exact) mass is 273 g/mol. The molecule has 1 N–H and O–H groups in total. The first kappa shape index (κ1) is 13.6. The number of rotatable bonds is 4. The molecule has 0 radical (unpaired) electrons. The molecular formula is C16H23N3O. The van der Waals surface area contributed by atoms with Gasteiger partial charge in [0, 0.05) is 25.0 Å². The van der Waals surface area contributed by atoms with Crippen LogP contribution in [-0.2, 0) is 6.42 Å². The molecular weight excluding hydrogens is 250 g/mol. The molecule has 1 saturated heterocycles. The first-order valence-corrected chi connectivity index (χ1v) is 7.64. The third-order valence-electron chi connectivity index (χ3n) is 4.22. The standard InChI is InChI=1S/C16H23N3O/c1-19-6-2-3-12(11-19)7-13-8-14(10-17-9-13)16(20)18-15-4-5-15/h8-10,12,15H,2-7,11H2,1H3,(H,18,20)/t12-/m0/s1. The SMILES string of the molecule is CN1CCC[C@@H](Cc2cncc(C(=O)NC3CC3)c2)C1. The Morgan fingerprint density at radius 2 is 2.25 bits per heavy atom. The molecule has 1 aromatic heterocycles. The van der Waals surface area contributed by atoms with Crippen molar-refractivity contribution in [2.75, 3.05) is 20.1 Å². The fourth-order valence-electron chi connectivity index (χ4n) is 2.99. The van der Waals surface area contributed by atoms with Crippen molar-refractivity contribution in [1.29, 1.82) is 0 Å². The van der Waals surface area contributed by atoms with Crippen molar-refractivity contribution in [1.82, 2.24) is 15.2 Å². The van der Waals surface area contributed by atoms with E-state index in [0.29, 0.717) is 17.5 Å². The average Bonchev–Trinajstić information content (AvgIpc) is 3.23. The zero-order chi connectivity index (χ0) is 13.9. The molecule has 20 heavy (non-hydrogen) atoms. The number of amides is 1. The van der Waals surface area contributed by atoms with Gasteiger partial charge in [0.25, 0.3) is 5.91 Å². The Kier molecular flexibility index (Phi) is 4.01. The molecule has 2 aliphatic rings. The smallest absolute Gasteiger partial charge is 0.253 e. The third-order valence-corrected chi connectivity index (χ3v) is 4.22. The predicted molar refractivity (Wildman–Crippen MR) is 78.7 cm³/mol. The van der Waals surface area contributed by atoms with Gasteiger partial charge in [0.1, 0.15) is 0 Å². The highest BCUT2D eigenvalue weighted by atomic mass is 16.1. The van der Waals surface area contributed by atoms with Crippen LogP contribution in [0.25, 0.3) is 0 Å². The summed E-state index contributed by atoms with van der Waals surface area (Å²) >= 11 is 0. The van der Waals surface area contributed by atoms with Gasteiger partial charge in [-0.2, -0.15) is 0 Å². The zero-order valence-electron chi connectivity index (χ0n) is 12.1. The van der Waals surface area contributed by atoms with Gasteiger partial charge in [-0.1, -0.05) is 0 Å². The Balaban J connectivity index is 1.62. The lowest BCUT2D eigenvalue weighted by molar-refractivity contribution is 0.0950. The van der Waals surface area contributed by atoms with Crippen LogP contribution in [-0.4, -0.2) is 42.0 Å². The fraction of sp³-hybridized carbons (Fsp3) is 0.625. The predicted octanol–water partition coefficient (Wildman–Crippen LogP) is 1.86. The normalized spacial score (nSPS) is 23.6. The number of aromatic nitrogens is 1. The molecule has 1 saturated carbocycles. The van der Waals surface area contributed by atoms with E-state index in [1.165, 1.54) is 24.9 Å². The molecule has 108 valence electrons. The maximum atomic E-state index is 12.0. The number of hydrogen-bond acceptors (Lipinski definition) is 3. The van der Waals surface area contributed by atoms with Gasteiger partial charge in [-0.25, -0.2) is 0 Å². The van der Waals surface area contributed by atoms with Crippen molar-refractivity contribution in [2.24, 2.45) is 5.92 Å². The number of carbonyl (C=O) groups excluding carboxylic acids is 1. The van der Waals surface area contributed by atoms with Gasteiger partial charge < -0.3 is 10.2 Å². The van der Waals surface area contributed by atoms with Crippen molar-refractivity contribution in [3.8, 4) is 0 Å². The fourth-order valence-corrected chi connectivity index (χ4v) is 2.99. The topological polar surface area (TPSA) is 45.2 Å². The van der Waals surface area contributed by atoms with Crippen LogP contribution in [0.4, 0.5) is 0 Å². The first-order valence-electron chi connectivity index (χ1n) is 7.64. The second kappa shape index (κ2) is 5.92. The van der Waals surface area contributed by atoms with E-state index in [0.717, 1.165) is 25.8 Å². The molecule has 1 atom stereocenters. The van der Waals surface area contributed by atoms with Crippen LogP contribution in [0.3, 0.4) is 0 Å². The van der Waals surface area contributed by atoms with E-state index in [1.54, 1.807) is 6.20 Å². The van der Waals surface area contributed by atoms with Crippen LogP contribution in [0.1, 0.15) is 41.6 Å². The van der Waals surface area contributed by atoms with Crippen molar-refractivity contribution >= 4 is 5.91 Å². The van der Waals surface area contributed by atoms with E-state index in [-0.39, 0.29) is 5.91 Å². The van der Waals surface area contributed by atoms with Gasteiger partial charge in [-0.15, -0.1) is 0 Å². The summed E-state index contributed by atoms with van der Waals surface area (Å²) in [6.07, 6.45) is 9.40. The number of nitrogens with zero attached hydrogens (tertiary/aromatic N) is 2. The zero-order valence-corrected chi connectivity index (χ0v) is 12.1. The van der Waals surface area contributed by atoms with Crippen molar-refractivity contribution < 1.29 is 4.79 Å². The molecule has 1 amide bonds. The maximum absolute atomic E-state index is 12.0. The highest BCUT2D eigenvalue weighted by molar-refractivity contribution is 5.94. The molecule has 0 bridgehead atoms. The van der Waals surface area contributed by atoms with Crippen LogP contribution in [0.5, 0.6) is 0 Å². The van der Waals surface area contributed by atoms with Crippen LogP contribution in [0.2, 0.25) is 0 Å². The lowest BCUT2D eigenvalue weighted by Gasteiger charge is -2.29. The summed E-state index contributed by atoms with van der Waals surface area (Å²) < 4.78 is 0. The molecule has 0 unspecified atom stereocenters. The molecule has 0 spiro atoms. The summed E-state index contributed by atoms with van der Waals surface area (Å²) in [5, 5.41) is 3.02. The Bertz CT molecular complexity index is 484. The van der Waals surface area contributed by atoms with Gasteiger partial charge in [-0.05, 0) is 63.2 Å². The van der Waals surface area contributed by atoms with Crippen LogP contribution in [0, 0.1) is 5.92 Å². The van der Waals surface area contributed by atoms with E-state index in [1.807, 2.05) is 12.3 Å². The van der Waals surface area contributed by atoms with Crippen molar-refractivity contribution in [3.05, 3.63) is 29.6 Å². The minimum atomic E-state index is 0.0302. The largest absolute Gasteiger partial charge is 0.349 e. The number of piperidine rings is 1. The average molecular weight is 273 g/mol. The minimum Gasteiger partial charge on any atom is -0.349 e. The second-order valence-corrected chi connectivity index (χ2v) is 6.30. The molecule has 4 nitrogen and oxygen atoms in total. The van der Waals surface area contributed by atoms with Crippen molar-refractivity contribution in [3.63, 3.8) is 0 Å². The van der Waals surface area contributed by atoms with Gasteiger partial charge in [0.05, 0.1) is 5.56 Å². The summed E-state index contributed by atoms with van der Waals surface area (Å²) in [4.78, 5) is 18.7.